The zero-order valence-electron chi connectivity index (χ0n) is 38.8. The monoisotopic (exact) mass is 878 g/mol. The lowest BCUT2D eigenvalue weighted by molar-refractivity contribution is 0.414. The predicted octanol–water partition coefficient (Wildman–Crippen LogP) is 17.4. The molecule has 10 rings (SSSR count). The van der Waals surface area contributed by atoms with Crippen LogP contribution < -0.4 is 4.90 Å². The van der Waals surface area contributed by atoms with Crippen LogP contribution in [0.2, 0.25) is 0 Å². The van der Waals surface area contributed by atoms with Crippen molar-refractivity contribution < 1.29 is 0 Å². The summed E-state index contributed by atoms with van der Waals surface area (Å²) in [7, 11) is 0. The van der Waals surface area contributed by atoms with E-state index in [1.165, 1.54) is 91.4 Å². The van der Waals surface area contributed by atoms with Crippen molar-refractivity contribution in [2.45, 2.75) is 84.0 Å². The lowest BCUT2D eigenvalue weighted by Crippen LogP contribution is -2.26. The summed E-state index contributed by atoms with van der Waals surface area (Å²) in [6.07, 6.45) is 6.98. The summed E-state index contributed by atoms with van der Waals surface area (Å²) in [5.41, 5.74) is 16.2. The van der Waals surface area contributed by atoms with E-state index in [2.05, 4.69) is 232 Å². The molecule has 0 radical (unpaired) electrons. The Morgan fingerprint density at radius 3 is 1.50 bits per heavy atom. The molecule has 66 heavy (non-hydrogen) atoms. The molecule has 2 aromatic heterocycles. The van der Waals surface area contributed by atoms with E-state index in [4.69, 9.17) is 10.2 Å². The van der Waals surface area contributed by atoms with Crippen LogP contribution in [0.4, 0.5) is 17.1 Å². The molecule has 0 amide bonds. The molecule has 9 aromatic rings. The Labute approximate surface area is 395 Å². The number of benzene rings is 7. The fourth-order valence-electron chi connectivity index (χ4n) is 10.0. The van der Waals surface area contributed by atoms with Gasteiger partial charge in [-0.25, -0.2) is 0 Å². The van der Waals surface area contributed by atoms with Crippen molar-refractivity contribution >= 4 is 28.4 Å². The maximum Gasteiger partial charge on any atom is 0.168 e. The van der Waals surface area contributed by atoms with Crippen molar-refractivity contribution in [2.75, 3.05) is 4.90 Å². The summed E-state index contributed by atoms with van der Waals surface area (Å²) in [6.45, 7) is 11.4. The Morgan fingerprint density at radius 2 is 0.955 bits per heavy atom. The Kier molecular flexibility index (Phi) is 11.9. The first kappa shape index (κ1) is 43.1. The molecule has 1 aliphatic rings. The highest BCUT2D eigenvalue weighted by molar-refractivity contribution is 7.18. The number of nitrogens with zero attached hydrogens (tertiary/aromatic N) is 4. The van der Waals surface area contributed by atoms with Crippen LogP contribution in [0.1, 0.15) is 89.8 Å². The van der Waals surface area contributed by atoms with Gasteiger partial charge < -0.3 is 4.90 Å². The highest BCUT2D eigenvalue weighted by Crippen LogP contribution is 2.56. The lowest BCUT2D eigenvalue weighted by atomic mass is 9.70. The molecule has 0 saturated heterocycles. The zero-order valence-corrected chi connectivity index (χ0v) is 39.7. The smallest absolute Gasteiger partial charge is 0.168 e. The summed E-state index contributed by atoms with van der Waals surface area (Å²) in [4.78, 5) is 4.95. The first-order valence-electron chi connectivity index (χ1n) is 23.8. The normalized spacial score (nSPS) is 12.8. The summed E-state index contributed by atoms with van der Waals surface area (Å²) < 4.78 is 2.18. The topological polar surface area (TPSA) is 34.0 Å². The van der Waals surface area contributed by atoms with Crippen LogP contribution >= 0.6 is 11.3 Å². The number of aromatic nitrogens is 3. The first-order valence-corrected chi connectivity index (χ1v) is 24.6. The summed E-state index contributed by atoms with van der Waals surface area (Å²) in [5, 5.41) is 9.58. The van der Waals surface area contributed by atoms with E-state index in [9.17, 15) is 0 Å². The van der Waals surface area contributed by atoms with Crippen LogP contribution in [0.5, 0.6) is 0 Å². The summed E-state index contributed by atoms with van der Waals surface area (Å²) in [6, 6.07) is 68.9. The molecule has 1 aliphatic carbocycles. The molecule has 0 atom stereocenters. The van der Waals surface area contributed by atoms with Gasteiger partial charge in [0.05, 0.1) is 0 Å². The Morgan fingerprint density at radius 1 is 0.485 bits per heavy atom. The minimum Gasteiger partial charge on any atom is -0.310 e. The first-order chi connectivity index (χ1) is 32.3. The van der Waals surface area contributed by atoms with E-state index < -0.39 is 0 Å². The molecule has 328 valence electrons. The molecule has 0 aliphatic heterocycles. The van der Waals surface area contributed by atoms with Crippen LogP contribution in [0.25, 0.3) is 60.5 Å². The quantitative estimate of drug-likeness (QED) is 0.109. The van der Waals surface area contributed by atoms with Crippen molar-refractivity contribution in [2.24, 2.45) is 0 Å². The number of para-hydroxylation sites is 3. The predicted molar refractivity (Wildman–Crippen MR) is 280 cm³/mol. The minimum atomic E-state index is -0.0618. The molecule has 4 nitrogen and oxygen atoms in total. The minimum absolute atomic E-state index is 0.0618. The highest BCUT2D eigenvalue weighted by Gasteiger charge is 2.43. The Balaban J connectivity index is 0.986. The number of unbranched alkanes of at least 4 members (excludes halogenated alkanes) is 2. The van der Waals surface area contributed by atoms with E-state index in [0.29, 0.717) is 0 Å². The summed E-state index contributed by atoms with van der Waals surface area (Å²) >= 11 is 1.87. The molecule has 0 N–H and O–H groups in total. The Bertz CT molecular complexity index is 3020. The van der Waals surface area contributed by atoms with Gasteiger partial charge in [-0.2, -0.15) is 0 Å². The van der Waals surface area contributed by atoms with Crippen LogP contribution in [0.15, 0.2) is 188 Å². The second-order valence-corrected chi connectivity index (χ2v) is 20.0. The van der Waals surface area contributed by atoms with Gasteiger partial charge in [0.15, 0.2) is 11.6 Å². The second-order valence-electron chi connectivity index (χ2n) is 18.9. The average molecular weight is 879 g/mol. The van der Waals surface area contributed by atoms with Crippen LogP contribution in [0.3, 0.4) is 0 Å². The molecule has 0 fully saturated rings. The molecule has 5 heteroatoms. The largest absolute Gasteiger partial charge is 0.310 e. The van der Waals surface area contributed by atoms with Crippen LogP contribution in [-0.2, 0) is 10.8 Å². The van der Waals surface area contributed by atoms with E-state index in [1.807, 2.05) is 11.3 Å². The molecule has 0 unspecified atom stereocenters. The van der Waals surface area contributed by atoms with Gasteiger partial charge in [-0.05, 0) is 124 Å². The standard InChI is InChI=1S/C61H58N4S/c1-6-8-39-61(40-9-7-2)54-41-46(31-35-52(54)53-36-34-51(42-55(53)61)64(48-19-13-10-14-20-48)49-21-15-11-16-22-49)57-38-37-56(66-57)43-25-27-44(28-26-43)58-62-63-59(65(58)50-23-17-12-18-24-50)45-29-32-47(33-30-45)60(3,4)5/h10-38,41-42H,6-9,39-40H2,1-5H3. The van der Waals surface area contributed by atoms with E-state index in [0.717, 1.165) is 41.3 Å². The number of thiophene rings is 1. The lowest BCUT2D eigenvalue weighted by Gasteiger charge is -2.34. The SMILES string of the molecule is CCCCC1(CCCC)c2cc(-c3ccc(-c4ccc(-c5nnc(-c6ccc(C(C)(C)C)cc6)n5-c5ccccc5)cc4)s3)ccc2-c2ccc(N(c3ccccc3)c3ccccc3)cc21. The third-order valence-corrected chi connectivity index (χ3v) is 14.7. The van der Waals surface area contributed by atoms with Gasteiger partial charge in [0.1, 0.15) is 0 Å². The van der Waals surface area contributed by atoms with Gasteiger partial charge in [-0.15, -0.1) is 21.5 Å². The van der Waals surface area contributed by atoms with Gasteiger partial charge >= 0.3 is 0 Å². The number of hydrogen-bond acceptors (Lipinski definition) is 4. The van der Waals surface area contributed by atoms with Gasteiger partial charge in [-0.1, -0.05) is 182 Å². The van der Waals surface area contributed by atoms with E-state index in [-0.39, 0.29) is 10.8 Å². The molecule has 0 bridgehead atoms. The number of rotatable bonds is 14. The number of hydrogen-bond donors (Lipinski definition) is 0. The van der Waals surface area contributed by atoms with Crippen molar-refractivity contribution in [1.29, 1.82) is 0 Å². The fraction of sp³-hybridized carbons (Fsp3) is 0.213. The van der Waals surface area contributed by atoms with Gasteiger partial charge in [0.25, 0.3) is 0 Å². The highest BCUT2D eigenvalue weighted by atomic mass is 32.1. The number of fused-ring (bicyclic) bond motifs is 3. The van der Waals surface area contributed by atoms with Crippen molar-refractivity contribution in [1.82, 2.24) is 14.8 Å². The maximum atomic E-state index is 4.80. The van der Waals surface area contributed by atoms with Crippen LogP contribution in [-0.4, -0.2) is 14.8 Å². The van der Waals surface area contributed by atoms with Crippen molar-refractivity contribution in [3.05, 3.63) is 205 Å². The van der Waals surface area contributed by atoms with Gasteiger partial charge in [-0.3, -0.25) is 4.57 Å². The fourth-order valence-corrected chi connectivity index (χ4v) is 11.0. The molecular formula is C61H58N4S. The molecule has 0 saturated carbocycles. The van der Waals surface area contributed by atoms with E-state index >= 15 is 0 Å². The Hall–Kier alpha value is -6.82. The zero-order chi connectivity index (χ0) is 45.3. The molecule has 7 aromatic carbocycles. The molecule has 0 spiro atoms. The second kappa shape index (κ2) is 18.2. The third-order valence-electron chi connectivity index (χ3n) is 13.5. The van der Waals surface area contributed by atoms with E-state index in [1.54, 1.807) is 0 Å². The maximum absolute atomic E-state index is 4.80. The molecule has 2 heterocycles. The number of anilines is 3. The summed E-state index contributed by atoms with van der Waals surface area (Å²) in [5.74, 6) is 1.65. The third kappa shape index (κ3) is 8.11. The van der Waals surface area contributed by atoms with Crippen molar-refractivity contribution in [3.63, 3.8) is 0 Å². The van der Waals surface area contributed by atoms with Crippen molar-refractivity contribution in [3.8, 4) is 60.5 Å². The molecular weight excluding hydrogens is 821 g/mol. The van der Waals surface area contributed by atoms with Crippen LogP contribution in [0, 0.1) is 0 Å². The van der Waals surface area contributed by atoms with Gasteiger partial charge in [0, 0.05) is 49.0 Å². The average Bonchev–Trinajstić information content (AvgIpc) is 4.10. The van der Waals surface area contributed by atoms with Gasteiger partial charge in [0.2, 0.25) is 0 Å².